The summed E-state index contributed by atoms with van der Waals surface area (Å²) < 4.78 is 11.9. The Balaban J connectivity index is 2.70. The summed E-state index contributed by atoms with van der Waals surface area (Å²) in [5.74, 6) is -0.188. The van der Waals surface area contributed by atoms with Gasteiger partial charge in [0.15, 0.2) is 0 Å². The maximum atomic E-state index is 12.0. The molecule has 2 unspecified atom stereocenters. The highest BCUT2D eigenvalue weighted by Gasteiger charge is 2.25. The Labute approximate surface area is 129 Å². The van der Waals surface area contributed by atoms with Crippen molar-refractivity contribution in [3.63, 3.8) is 0 Å². The van der Waals surface area contributed by atoms with Crippen LogP contribution < -0.4 is 5.32 Å². The second-order valence-corrected chi connectivity index (χ2v) is 8.07. The number of aliphatic hydroxyl groups is 1. The fourth-order valence-corrected chi connectivity index (χ4v) is 2.53. The molecule has 0 saturated carbocycles. The number of amides is 1. The number of benzene rings is 1. The monoisotopic (exact) mass is 311 g/mol. The van der Waals surface area contributed by atoms with Gasteiger partial charge in [-0.1, -0.05) is 27.7 Å². The number of carbonyl (C=O) groups excluding carboxylic acids is 1. The van der Waals surface area contributed by atoms with E-state index in [9.17, 15) is 14.1 Å². The van der Waals surface area contributed by atoms with Gasteiger partial charge in [0.2, 0.25) is 0 Å². The SMILES string of the molecule is CC(C)S(=O)c1ccc(C(=O)NCC(C)(O)C(C)C)cc1. The van der Waals surface area contributed by atoms with E-state index in [1.165, 1.54) is 0 Å². The van der Waals surface area contributed by atoms with Gasteiger partial charge in [-0.2, -0.15) is 0 Å². The van der Waals surface area contributed by atoms with E-state index in [0.29, 0.717) is 5.56 Å². The lowest BCUT2D eigenvalue weighted by Crippen LogP contribution is -2.44. The van der Waals surface area contributed by atoms with E-state index in [2.05, 4.69) is 5.32 Å². The van der Waals surface area contributed by atoms with Gasteiger partial charge in [-0.15, -0.1) is 0 Å². The molecule has 2 atom stereocenters. The van der Waals surface area contributed by atoms with Crippen LogP contribution in [0.5, 0.6) is 0 Å². The van der Waals surface area contributed by atoms with Crippen LogP contribution >= 0.6 is 0 Å². The zero-order valence-corrected chi connectivity index (χ0v) is 14.2. The molecule has 1 rings (SSSR count). The van der Waals surface area contributed by atoms with E-state index < -0.39 is 16.4 Å². The van der Waals surface area contributed by atoms with Crippen LogP contribution in [-0.2, 0) is 10.8 Å². The van der Waals surface area contributed by atoms with Gasteiger partial charge in [0.05, 0.1) is 16.4 Å². The molecule has 5 heteroatoms. The summed E-state index contributed by atoms with van der Waals surface area (Å²) in [5.41, 5.74) is -0.437. The molecule has 0 fully saturated rings. The van der Waals surface area contributed by atoms with Gasteiger partial charge < -0.3 is 10.4 Å². The number of rotatable bonds is 6. The molecule has 1 aromatic rings. The quantitative estimate of drug-likeness (QED) is 0.847. The second kappa shape index (κ2) is 7.18. The normalized spacial score (nSPS) is 15.8. The van der Waals surface area contributed by atoms with E-state index in [1.54, 1.807) is 31.2 Å². The van der Waals surface area contributed by atoms with Crippen LogP contribution in [0.2, 0.25) is 0 Å². The first-order valence-electron chi connectivity index (χ1n) is 7.16. The van der Waals surface area contributed by atoms with E-state index >= 15 is 0 Å². The third kappa shape index (κ3) is 4.93. The van der Waals surface area contributed by atoms with Gasteiger partial charge in [0.1, 0.15) is 0 Å². The molecular formula is C16H25NO3S. The summed E-state index contributed by atoms with van der Waals surface area (Å²) in [7, 11) is -1.05. The molecule has 0 aromatic heterocycles. The summed E-state index contributed by atoms with van der Waals surface area (Å²) in [5, 5.41) is 12.9. The smallest absolute Gasteiger partial charge is 0.251 e. The van der Waals surface area contributed by atoms with Crippen LogP contribution in [0.25, 0.3) is 0 Å². The van der Waals surface area contributed by atoms with Crippen LogP contribution in [-0.4, -0.2) is 32.6 Å². The Morgan fingerprint density at radius 2 is 1.76 bits per heavy atom. The van der Waals surface area contributed by atoms with Crippen molar-refractivity contribution in [3.8, 4) is 0 Å². The molecule has 1 amide bonds. The highest BCUT2D eigenvalue weighted by Crippen LogP contribution is 2.15. The molecular weight excluding hydrogens is 286 g/mol. The standard InChI is InChI=1S/C16H25NO3S/c1-11(2)16(5,19)10-17-15(18)13-6-8-14(9-7-13)21(20)12(3)4/h6-9,11-12,19H,10H2,1-5H3,(H,17,18). The van der Waals surface area contributed by atoms with Crippen LogP contribution in [0, 0.1) is 5.92 Å². The lowest BCUT2D eigenvalue weighted by Gasteiger charge is -2.27. The maximum Gasteiger partial charge on any atom is 0.251 e. The molecule has 118 valence electrons. The molecule has 0 aliphatic heterocycles. The van der Waals surface area contributed by atoms with E-state index in [0.717, 1.165) is 4.90 Å². The van der Waals surface area contributed by atoms with Crippen LogP contribution in [0.3, 0.4) is 0 Å². The maximum absolute atomic E-state index is 12.0. The topological polar surface area (TPSA) is 66.4 Å². The minimum atomic E-state index is -1.05. The second-order valence-electron chi connectivity index (χ2n) is 6.07. The first-order valence-corrected chi connectivity index (χ1v) is 8.37. The van der Waals surface area contributed by atoms with Crippen molar-refractivity contribution in [1.29, 1.82) is 0 Å². The largest absolute Gasteiger partial charge is 0.388 e. The summed E-state index contributed by atoms with van der Waals surface area (Å²) in [4.78, 5) is 12.7. The third-order valence-electron chi connectivity index (χ3n) is 3.63. The molecule has 0 aliphatic carbocycles. The lowest BCUT2D eigenvalue weighted by molar-refractivity contribution is 0.0142. The van der Waals surface area contributed by atoms with Crippen LogP contribution in [0.4, 0.5) is 0 Å². The Morgan fingerprint density at radius 3 is 2.19 bits per heavy atom. The predicted molar refractivity (Wildman–Crippen MR) is 85.8 cm³/mol. The van der Waals surface area contributed by atoms with Crippen molar-refractivity contribution in [2.75, 3.05) is 6.54 Å². The molecule has 0 spiro atoms. The zero-order valence-electron chi connectivity index (χ0n) is 13.3. The van der Waals surface area contributed by atoms with Crippen molar-refractivity contribution < 1.29 is 14.1 Å². The van der Waals surface area contributed by atoms with Crippen molar-refractivity contribution in [2.45, 2.75) is 50.4 Å². The molecule has 0 saturated heterocycles. The fraction of sp³-hybridized carbons (Fsp3) is 0.562. The Hall–Kier alpha value is -1.20. The lowest BCUT2D eigenvalue weighted by atomic mass is 9.92. The van der Waals surface area contributed by atoms with E-state index in [4.69, 9.17) is 0 Å². The number of hydrogen-bond donors (Lipinski definition) is 2. The molecule has 0 heterocycles. The molecule has 21 heavy (non-hydrogen) atoms. The van der Waals surface area contributed by atoms with Crippen LogP contribution in [0.15, 0.2) is 29.2 Å². The van der Waals surface area contributed by atoms with E-state index in [-0.39, 0.29) is 23.6 Å². The first-order chi connectivity index (χ1) is 9.65. The van der Waals surface area contributed by atoms with Crippen LogP contribution in [0.1, 0.15) is 45.0 Å². The average Bonchev–Trinajstić information content (AvgIpc) is 2.44. The summed E-state index contributed by atoms with van der Waals surface area (Å²) >= 11 is 0. The van der Waals surface area contributed by atoms with Gasteiger partial charge in [0, 0.05) is 22.3 Å². The molecule has 0 radical (unpaired) electrons. The fourth-order valence-electron chi connectivity index (χ4n) is 1.58. The van der Waals surface area contributed by atoms with Crippen molar-refractivity contribution in [1.82, 2.24) is 5.32 Å². The predicted octanol–water partition coefficient (Wildman–Crippen LogP) is 2.34. The van der Waals surface area contributed by atoms with Gasteiger partial charge >= 0.3 is 0 Å². The number of hydrogen-bond acceptors (Lipinski definition) is 3. The van der Waals surface area contributed by atoms with Crippen molar-refractivity contribution in [2.24, 2.45) is 5.92 Å². The number of carbonyl (C=O) groups is 1. The molecule has 0 bridgehead atoms. The van der Waals surface area contributed by atoms with Gasteiger partial charge in [-0.05, 0) is 37.1 Å². The summed E-state index contributed by atoms with van der Waals surface area (Å²) in [6.07, 6.45) is 0. The molecule has 2 N–H and O–H groups in total. The Kier molecular flexibility index (Phi) is 6.10. The van der Waals surface area contributed by atoms with Crippen molar-refractivity contribution >= 4 is 16.7 Å². The minimum Gasteiger partial charge on any atom is -0.388 e. The molecule has 0 aliphatic rings. The first kappa shape index (κ1) is 17.9. The Morgan fingerprint density at radius 1 is 1.24 bits per heavy atom. The highest BCUT2D eigenvalue weighted by molar-refractivity contribution is 7.85. The average molecular weight is 311 g/mol. The Bertz CT molecular complexity index is 507. The minimum absolute atomic E-state index is 0.0471. The van der Waals surface area contributed by atoms with Gasteiger partial charge in [-0.25, -0.2) is 0 Å². The van der Waals surface area contributed by atoms with E-state index in [1.807, 2.05) is 27.7 Å². The highest BCUT2D eigenvalue weighted by atomic mass is 32.2. The summed E-state index contributed by atoms with van der Waals surface area (Å²) in [6, 6.07) is 6.75. The number of nitrogens with one attached hydrogen (secondary N) is 1. The van der Waals surface area contributed by atoms with Crippen molar-refractivity contribution in [3.05, 3.63) is 29.8 Å². The van der Waals surface area contributed by atoms with Gasteiger partial charge in [-0.3, -0.25) is 9.00 Å². The molecule has 1 aromatic carbocycles. The molecule has 4 nitrogen and oxygen atoms in total. The third-order valence-corrected chi connectivity index (χ3v) is 5.22. The summed E-state index contributed by atoms with van der Waals surface area (Å²) in [6.45, 7) is 9.50. The van der Waals surface area contributed by atoms with Gasteiger partial charge in [0.25, 0.3) is 5.91 Å². The zero-order chi connectivity index (χ0) is 16.2.